The van der Waals surface area contributed by atoms with E-state index >= 15 is 0 Å². The highest BCUT2D eigenvalue weighted by Crippen LogP contribution is 2.22. The fourth-order valence-corrected chi connectivity index (χ4v) is 5.86. The maximum absolute atomic E-state index is 13.8. The highest BCUT2D eigenvalue weighted by atomic mass is 32.2. The molecule has 0 spiro atoms. The zero-order valence-electron chi connectivity index (χ0n) is 22.5. The van der Waals surface area contributed by atoms with E-state index in [0.29, 0.717) is 24.5 Å². The van der Waals surface area contributed by atoms with Gasteiger partial charge in [-0.3, -0.25) is 9.59 Å². The van der Waals surface area contributed by atoms with Crippen molar-refractivity contribution in [1.82, 2.24) is 10.2 Å². The topological polar surface area (TPSA) is 58.6 Å². The Labute approximate surface area is 235 Å². The number of benzene rings is 3. The van der Waals surface area contributed by atoms with E-state index < -0.39 is 6.04 Å². The Balaban J connectivity index is 1.57. The molecule has 1 fully saturated rings. The monoisotopic (exact) mass is 548 g/mol. The van der Waals surface area contributed by atoms with Crippen molar-refractivity contribution in [1.29, 1.82) is 0 Å². The summed E-state index contributed by atoms with van der Waals surface area (Å²) in [7, 11) is 1.62. The molecule has 1 N–H and O–H groups in total. The van der Waals surface area contributed by atoms with Crippen molar-refractivity contribution in [2.24, 2.45) is 0 Å². The van der Waals surface area contributed by atoms with Gasteiger partial charge in [0.25, 0.3) is 0 Å². The minimum absolute atomic E-state index is 0.106. The van der Waals surface area contributed by atoms with E-state index in [-0.39, 0.29) is 29.4 Å². The van der Waals surface area contributed by atoms with E-state index in [1.54, 1.807) is 24.1 Å². The normalized spacial score (nSPS) is 14.4. The molecule has 1 atom stereocenters. The molecule has 3 aromatic carbocycles. The van der Waals surface area contributed by atoms with Gasteiger partial charge in [0.15, 0.2) is 0 Å². The zero-order valence-corrected chi connectivity index (χ0v) is 23.3. The zero-order chi connectivity index (χ0) is 27.5. The molecule has 3 aromatic rings. The van der Waals surface area contributed by atoms with Crippen LogP contribution in [0.3, 0.4) is 0 Å². The fourth-order valence-electron chi connectivity index (χ4n) is 4.99. The molecule has 2 amide bonds. The first kappa shape index (κ1) is 28.7. The summed E-state index contributed by atoms with van der Waals surface area (Å²) < 4.78 is 18.7. The molecule has 7 heteroatoms. The minimum Gasteiger partial charge on any atom is -0.497 e. The van der Waals surface area contributed by atoms with Gasteiger partial charge in [0, 0.05) is 24.8 Å². The van der Waals surface area contributed by atoms with Crippen LogP contribution in [0.25, 0.3) is 0 Å². The number of nitrogens with zero attached hydrogens (tertiary/aromatic N) is 1. The quantitative estimate of drug-likeness (QED) is 0.295. The van der Waals surface area contributed by atoms with Crippen molar-refractivity contribution < 1.29 is 18.7 Å². The SMILES string of the molecule is COc1cccc(CN(C(=O)CSCc2ccc(F)cc2)[C@H](Cc2ccccc2)C(=O)NC2CCCCC2)c1. The molecule has 0 saturated heterocycles. The van der Waals surface area contributed by atoms with Crippen molar-refractivity contribution >= 4 is 23.6 Å². The number of amides is 2. The molecule has 1 saturated carbocycles. The predicted molar refractivity (Wildman–Crippen MR) is 155 cm³/mol. The van der Waals surface area contributed by atoms with Crippen LogP contribution in [-0.4, -0.2) is 41.7 Å². The number of thioether (sulfide) groups is 1. The molecule has 0 heterocycles. The lowest BCUT2D eigenvalue weighted by molar-refractivity contribution is -0.139. The molecule has 4 rings (SSSR count). The number of methoxy groups -OCH3 is 1. The molecule has 1 aliphatic rings. The van der Waals surface area contributed by atoms with Crippen LogP contribution < -0.4 is 10.1 Å². The molecule has 206 valence electrons. The van der Waals surface area contributed by atoms with Crippen LogP contribution in [0.2, 0.25) is 0 Å². The standard InChI is InChI=1S/C32H37FN2O3S/c1-38-29-14-8-11-26(19-29)21-35(31(36)23-39-22-25-15-17-27(33)18-16-25)30(20-24-9-4-2-5-10-24)32(37)34-28-12-6-3-7-13-28/h2,4-5,8-11,14-19,28,30H,3,6-7,12-13,20-23H2,1H3,(H,34,37)/t30-/m1/s1. The van der Waals surface area contributed by atoms with Crippen LogP contribution in [0, 0.1) is 5.82 Å². The van der Waals surface area contributed by atoms with Crippen molar-refractivity contribution in [2.75, 3.05) is 12.9 Å². The van der Waals surface area contributed by atoms with Gasteiger partial charge in [-0.25, -0.2) is 4.39 Å². The summed E-state index contributed by atoms with van der Waals surface area (Å²) >= 11 is 1.47. The second kappa shape index (κ2) is 14.7. The van der Waals surface area contributed by atoms with E-state index in [2.05, 4.69) is 5.32 Å². The fraction of sp³-hybridized carbons (Fsp3) is 0.375. The van der Waals surface area contributed by atoms with Crippen LogP contribution in [0.5, 0.6) is 5.75 Å². The highest BCUT2D eigenvalue weighted by molar-refractivity contribution is 7.99. The third-order valence-corrected chi connectivity index (χ3v) is 8.11. The van der Waals surface area contributed by atoms with Gasteiger partial charge in [-0.05, 0) is 53.8 Å². The van der Waals surface area contributed by atoms with Crippen molar-refractivity contribution in [3.63, 3.8) is 0 Å². The lowest BCUT2D eigenvalue weighted by Crippen LogP contribution is -2.53. The number of rotatable bonds is 12. The number of nitrogens with one attached hydrogen (secondary N) is 1. The van der Waals surface area contributed by atoms with Gasteiger partial charge in [0.2, 0.25) is 11.8 Å². The molecule has 0 aliphatic heterocycles. The van der Waals surface area contributed by atoms with Gasteiger partial charge in [0.1, 0.15) is 17.6 Å². The summed E-state index contributed by atoms with van der Waals surface area (Å²) in [4.78, 5) is 29.4. The molecular weight excluding hydrogens is 511 g/mol. The Kier molecular flexibility index (Phi) is 10.8. The third kappa shape index (κ3) is 8.85. The summed E-state index contributed by atoms with van der Waals surface area (Å²) in [6, 6.07) is 23.3. The van der Waals surface area contributed by atoms with Crippen molar-refractivity contribution in [2.45, 2.75) is 62.9 Å². The Morgan fingerprint density at radius 3 is 2.38 bits per heavy atom. The Hall–Kier alpha value is -3.32. The smallest absolute Gasteiger partial charge is 0.243 e. The van der Waals surface area contributed by atoms with Crippen LogP contribution in [0.1, 0.15) is 48.8 Å². The van der Waals surface area contributed by atoms with Crippen molar-refractivity contribution in [3.8, 4) is 5.75 Å². The van der Waals surface area contributed by atoms with Gasteiger partial charge in [0.05, 0.1) is 12.9 Å². The van der Waals surface area contributed by atoms with E-state index in [9.17, 15) is 14.0 Å². The maximum atomic E-state index is 13.8. The molecule has 0 unspecified atom stereocenters. The highest BCUT2D eigenvalue weighted by Gasteiger charge is 2.32. The first-order valence-electron chi connectivity index (χ1n) is 13.6. The summed E-state index contributed by atoms with van der Waals surface area (Å²) in [6.07, 6.45) is 5.80. The molecular formula is C32H37FN2O3S. The first-order chi connectivity index (χ1) is 19.0. The molecule has 5 nitrogen and oxygen atoms in total. The van der Waals surface area contributed by atoms with Crippen molar-refractivity contribution in [3.05, 3.63) is 101 Å². The number of carbonyl (C=O) groups excluding carboxylic acids is 2. The van der Waals surface area contributed by atoms with E-state index in [0.717, 1.165) is 42.4 Å². The number of halogens is 1. The summed E-state index contributed by atoms with van der Waals surface area (Å²) in [5, 5.41) is 3.27. The van der Waals surface area contributed by atoms with Crippen LogP contribution in [0.15, 0.2) is 78.9 Å². The average molecular weight is 549 g/mol. The van der Waals surface area contributed by atoms with Crippen LogP contribution in [-0.2, 0) is 28.3 Å². The average Bonchev–Trinajstić information content (AvgIpc) is 2.97. The number of hydrogen-bond acceptors (Lipinski definition) is 4. The summed E-state index contributed by atoms with van der Waals surface area (Å²) in [5.74, 6) is 1.00. The lowest BCUT2D eigenvalue weighted by atomic mass is 9.94. The second-order valence-corrected chi connectivity index (χ2v) is 11.0. The largest absolute Gasteiger partial charge is 0.497 e. The van der Waals surface area contributed by atoms with Crippen LogP contribution >= 0.6 is 11.8 Å². The van der Waals surface area contributed by atoms with Crippen LogP contribution in [0.4, 0.5) is 4.39 Å². The predicted octanol–water partition coefficient (Wildman–Crippen LogP) is 6.16. The van der Waals surface area contributed by atoms with E-state index in [4.69, 9.17) is 4.74 Å². The molecule has 0 aromatic heterocycles. The van der Waals surface area contributed by atoms with Gasteiger partial charge in [-0.15, -0.1) is 11.8 Å². The number of ether oxygens (including phenoxy) is 1. The van der Waals surface area contributed by atoms with E-state index in [1.165, 1.54) is 30.3 Å². The Bertz CT molecular complexity index is 1200. The third-order valence-electron chi connectivity index (χ3n) is 7.12. The number of hydrogen-bond donors (Lipinski definition) is 1. The molecule has 0 bridgehead atoms. The van der Waals surface area contributed by atoms with E-state index in [1.807, 2.05) is 54.6 Å². The van der Waals surface area contributed by atoms with Gasteiger partial charge >= 0.3 is 0 Å². The maximum Gasteiger partial charge on any atom is 0.243 e. The number of carbonyl (C=O) groups is 2. The first-order valence-corrected chi connectivity index (χ1v) is 14.8. The molecule has 0 radical (unpaired) electrons. The minimum atomic E-state index is -0.653. The summed E-state index contributed by atoms with van der Waals surface area (Å²) in [5.41, 5.74) is 2.85. The second-order valence-electron chi connectivity index (χ2n) is 10.0. The van der Waals surface area contributed by atoms with Gasteiger partial charge in [-0.2, -0.15) is 0 Å². The van der Waals surface area contributed by atoms with Gasteiger partial charge < -0.3 is 15.0 Å². The summed E-state index contributed by atoms with van der Waals surface area (Å²) in [6.45, 7) is 0.294. The Morgan fingerprint density at radius 2 is 1.67 bits per heavy atom. The molecule has 1 aliphatic carbocycles. The van der Waals surface area contributed by atoms with Gasteiger partial charge in [-0.1, -0.05) is 73.9 Å². The lowest BCUT2D eigenvalue weighted by Gasteiger charge is -2.33. The Morgan fingerprint density at radius 1 is 0.949 bits per heavy atom. The molecule has 39 heavy (non-hydrogen) atoms.